The van der Waals surface area contributed by atoms with Gasteiger partial charge in [-0.05, 0) is 76.9 Å². The molecule has 0 amide bonds. The average Bonchev–Trinajstić information content (AvgIpc) is 3.08. The summed E-state index contributed by atoms with van der Waals surface area (Å²) >= 11 is 7.04. The minimum absolute atomic E-state index is 0.713. The second kappa shape index (κ2) is 8.70. The van der Waals surface area contributed by atoms with Gasteiger partial charge in [-0.1, -0.05) is 28.1 Å². The van der Waals surface area contributed by atoms with E-state index in [0.717, 1.165) is 44.7 Å². The van der Waals surface area contributed by atoms with Crippen LogP contribution in [0, 0.1) is 0 Å². The molecule has 130 valence electrons. The van der Waals surface area contributed by atoms with Crippen LogP contribution in [0.25, 0.3) is 11.3 Å². The van der Waals surface area contributed by atoms with Crippen LogP contribution in [-0.2, 0) is 13.0 Å². The molecule has 3 aromatic rings. The Morgan fingerprint density at radius 3 is 2.52 bits per heavy atom. The maximum Gasteiger partial charge on any atom is 0.135 e. The molecular formula is C20H19Br2NO2. The minimum atomic E-state index is 0.713. The molecule has 0 saturated carbocycles. The van der Waals surface area contributed by atoms with E-state index in [1.165, 1.54) is 5.56 Å². The summed E-state index contributed by atoms with van der Waals surface area (Å²) in [5.74, 6) is 2.69. The van der Waals surface area contributed by atoms with E-state index >= 15 is 0 Å². The molecule has 1 aromatic heterocycles. The van der Waals surface area contributed by atoms with E-state index in [-0.39, 0.29) is 0 Å². The summed E-state index contributed by atoms with van der Waals surface area (Å²) in [5, 5.41) is 3.42. The molecular weight excluding hydrogens is 446 g/mol. The first-order valence-corrected chi connectivity index (χ1v) is 9.62. The molecule has 0 radical (unpaired) electrons. The maximum atomic E-state index is 5.95. The molecule has 0 unspecified atom stereocenters. The Labute approximate surface area is 164 Å². The lowest BCUT2D eigenvalue weighted by Crippen LogP contribution is -2.16. The molecule has 2 aromatic carbocycles. The zero-order chi connectivity index (χ0) is 17.6. The second-order valence-corrected chi connectivity index (χ2v) is 7.43. The summed E-state index contributed by atoms with van der Waals surface area (Å²) in [7, 11) is 1.68. The largest absolute Gasteiger partial charge is 0.497 e. The van der Waals surface area contributed by atoms with Crippen LogP contribution in [0.3, 0.4) is 0 Å². The topological polar surface area (TPSA) is 34.4 Å². The van der Waals surface area contributed by atoms with Crippen molar-refractivity contribution < 1.29 is 9.15 Å². The van der Waals surface area contributed by atoms with E-state index in [4.69, 9.17) is 9.15 Å². The van der Waals surface area contributed by atoms with E-state index in [9.17, 15) is 0 Å². The number of furan rings is 1. The van der Waals surface area contributed by atoms with Gasteiger partial charge in [-0.2, -0.15) is 0 Å². The molecule has 5 heteroatoms. The van der Waals surface area contributed by atoms with Crippen LogP contribution >= 0.6 is 31.9 Å². The first-order chi connectivity index (χ1) is 12.2. The third-order valence-corrected chi connectivity index (χ3v) is 5.06. The standard InChI is InChI=1S/C20H19Br2NO2/c1-24-16-5-2-14(3-6-16)10-11-23-13-17-7-9-20(25-17)18-8-4-15(21)12-19(18)22/h2-9,12,23H,10-11,13H2,1H3. The van der Waals surface area contributed by atoms with Crippen molar-refractivity contribution in [1.82, 2.24) is 5.32 Å². The predicted octanol–water partition coefficient (Wildman–Crippen LogP) is 5.81. The maximum absolute atomic E-state index is 5.95. The van der Waals surface area contributed by atoms with E-state index in [1.807, 2.05) is 42.5 Å². The van der Waals surface area contributed by atoms with Gasteiger partial charge in [0.15, 0.2) is 0 Å². The molecule has 0 aliphatic carbocycles. The smallest absolute Gasteiger partial charge is 0.135 e. The lowest BCUT2D eigenvalue weighted by Gasteiger charge is -2.05. The third-order valence-electron chi connectivity index (χ3n) is 3.91. The molecule has 0 aliphatic rings. The van der Waals surface area contributed by atoms with Gasteiger partial charge in [0.2, 0.25) is 0 Å². The fourth-order valence-corrected chi connectivity index (χ4v) is 3.79. The number of benzene rings is 2. The lowest BCUT2D eigenvalue weighted by molar-refractivity contribution is 0.414. The van der Waals surface area contributed by atoms with Gasteiger partial charge in [0, 0.05) is 14.5 Å². The summed E-state index contributed by atoms with van der Waals surface area (Å²) in [6.07, 6.45) is 0.968. The van der Waals surface area contributed by atoms with Gasteiger partial charge >= 0.3 is 0 Å². The second-order valence-electron chi connectivity index (χ2n) is 5.66. The minimum Gasteiger partial charge on any atom is -0.497 e. The first-order valence-electron chi connectivity index (χ1n) is 8.03. The summed E-state index contributed by atoms with van der Waals surface area (Å²) in [5.41, 5.74) is 2.33. The number of nitrogens with one attached hydrogen (secondary N) is 1. The van der Waals surface area contributed by atoms with E-state index in [0.29, 0.717) is 6.54 Å². The van der Waals surface area contributed by atoms with Gasteiger partial charge in [-0.3, -0.25) is 0 Å². The van der Waals surface area contributed by atoms with Crippen molar-refractivity contribution in [2.45, 2.75) is 13.0 Å². The van der Waals surface area contributed by atoms with Crippen molar-refractivity contribution in [1.29, 1.82) is 0 Å². The van der Waals surface area contributed by atoms with Gasteiger partial charge in [0.1, 0.15) is 17.3 Å². The summed E-state index contributed by atoms with van der Waals surface area (Å²) < 4.78 is 13.2. The molecule has 1 N–H and O–H groups in total. The molecule has 0 atom stereocenters. The van der Waals surface area contributed by atoms with E-state index in [1.54, 1.807) is 7.11 Å². The van der Waals surface area contributed by atoms with Crippen molar-refractivity contribution in [3.05, 3.63) is 74.9 Å². The van der Waals surface area contributed by atoms with Crippen LogP contribution in [0.5, 0.6) is 5.75 Å². The molecule has 0 fully saturated rings. The van der Waals surface area contributed by atoms with Crippen LogP contribution < -0.4 is 10.1 Å². The van der Waals surface area contributed by atoms with Crippen LogP contribution in [0.1, 0.15) is 11.3 Å². The lowest BCUT2D eigenvalue weighted by atomic mass is 10.1. The zero-order valence-corrected chi connectivity index (χ0v) is 17.1. The van der Waals surface area contributed by atoms with Gasteiger partial charge < -0.3 is 14.5 Å². The third kappa shape index (κ3) is 4.97. The Bertz CT molecular complexity index is 828. The molecule has 0 spiro atoms. The molecule has 0 saturated heterocycles. The van der Waals surface area contributed by atoms with Gasteiger partial charge in [-0.25, -0.2) is 0 Å². The van der Waals surface area contributed by atoms with E-state index in [2.05, 4.69) is 49.3 Å². The Balaban J connectivity index is 1.51. The van der Waals surface area contributed by atoms with Crippen LogP contribution in [0.2, 0.25) is 0 Å². The Kier molecular flexibility index (Phi) is 6.34. The fraction of sp³-hybridized carbons (Fsp3) is 0.200. The highest BCUT2D eigenvalue weighted by molar-refractivity contribution is 9.11. The number of hydrogen-bond acceptors (Lipinski definition) is 3. The first kappa shape index (κ1) is 18.2. The zero-order valence-electron chi connectivity index (χ0n) is 13.9. The highest BCUT2D eigenvalue weighted by Crippen LogP contribution is 2.31. The fourth-order valence-electron chi connectivity index (χ4n) is 2.54. The van der Waals surface area contributed by atoms with Gasteiger partial charge in [0.25, 0.3) is 0 Å². The number of ether oxygens (including phenoxy) is 1. The number of rotatable bonds is 7. The molecule has 25 heavy (non-hydrogen) atoms. The molecule has 1 heterocycles. The predicted molar refractivity (Wildman–Crippen MR) is 108 cm³/mol. The van der Waals surface area contributed by atoms with Gasteiger partial charge in [-0.15, -0.1) is 0 Å². The number of hydrogen-bond donors (Lipinski definition) is 1. The highest BCUT2D eigenvalue weighted by atomic mass is 79.9. The van der Waals surface area contributed by atoms with Crippen molar-refractivity contribution >= 4 is 31.9 Å². The van der Waals surface area contributed by atoms with Crippen molar-refractivity contribution in [2.75, 3.05) is 13.7 Å². The van der Waals surface area contributed by atoms with Crippen LogP contribution in [0.4, 0.5) is 0 Å². The van der Waals surface area contributed by atoms with Crippen molar-refractivity contribution in [3.63, 3.8) is 0 Å². The summed E-state index contributed by atoms with van der Waals surface area (Å²) in [4.78, 5) is 0. The molecule has 0 bridgehead atoms. The van der Waals surface area contributed by atoms with Crippen molar-refractivity contribution in [3.8, 4) is 17.1 Å². The van der Waals surface area contributed by atoms with Gasteiger partial charge in [0.05, 0.1) is 13.7 Å². The Morgan fingerprint density at radius 1 is 1.00 bits per heavy atom. The SMILES string of the molecule is COc1ccc(CCNCc2ccc(-c3ccc(Br)cc3Br)o2)cc1. The molecule has 3 nitrogen and oxygen atoms in total. The van der Waals surface area contributed by atoms with Crippen LogP contribution in [-0.4, -0.2) is 13.7 Å². The van der Waals surface area contributed by atoms with E-state index < -0.39 is 0 Å². The normalized spacial score (nSPS) is 10.8. The quantitative estimate of drug-likeness (QED) is 0.448. The van der Waals surface area contributed by atoms with Crippen molar-refractivity contribution in [2.24, 2.45) is 0 Å². The number of methoxy groups -OCH3 is 1. The average molecular weight is 465 g/mol. The number of halogens is 2. The summed E-state index contributed by atoms with van der Waals surface area (Å²) in [6.45, 7) is 1.61. The monoisotopic (exact) mass is 463 g/mol. The summed E-state index contributed by atoms with van der Waals surface area (Å²) in [6, 6.07) is 18.3. The Morgan fingerprint density at radius 2 is 1.80 bits per heavy atom. The highest BCUT2D eigenvalue weighted by Gasteiger charge is 2.08. The molecule has 3 rings (SSSR count). The van der Waals surface area contributed by atoms with Crippen LogP contribution in [0.15, 0.2) is 68.0 Å². The molecule has 0 aliphatic heterocycles. The Hall–Kier alpha value is -1.56.